The quantitative estimate of drug-likeness (QED) is 0.881. The number of ether oxygens (including phenoxy) is 1. The van der Waals surface area contributed by atoms with Crippen LogP contribution in [0, 0.1) is 0 Å². The molecule has 22 heavy (non-hydrogen) atoms. The van der Waals surface area contributed by atoms with E-state index in [0.29, 0.717) is 11.3 Å². The van der Waals surface area contributed by atoms with Crippen molar-refractivity contribution in [2.45, 2.75) is 38.5 Å². The lowest BCUT2D eigenvalue weighted by molar-refractivity contribution is 0.0984. The Morgan fingerprint density at radius 1 is 1.23 bits per heavy atom. The largest absolute Gasteiger partial charge is 0.497 e. The highest BCUT2D eigenvalue weighted by Crippen LogP contribution is 2.34. The van der Waals surface area contributed by atoms with Gasteiger partial charge in [-0.15, -0.1) is 0 Å². The summed E-state index contributed by atoms with van der Waals surface area (Å²) >= 11 is 0. The van der Waals surface area contributed by atoms with Crippen molar-refractivity contribution >= 4 is 15.9 Å². The minimum Gasteiger partial charge on any atom is -0.497 e. The molecule has 1 amide bonds. The van der Waals surface area contributed by atoms with Crippen LogP contribution in [0.3, 0.4) is 0 Å². The van der Waals surface area contributed by atoms with Gasteiger partial charge in [-0.1, -0.05) is 27.7 Å². The number of methoxy groups -OCH3 is 1. The van der Waals surface area contributed by atoms with Crippen LogP contribution in [0.1, 0.15) is 49.5 Å². The van der Waals surface area contributed by atoms with E-state index in [0.717, 1.165) is 13.1 Å². The summed E-state index contributed by atoms with van der Waals surface area (Å²) in [5.41, 5.74) is 0.915. The molecule has 0 unspecified atom stereocenters. The Morgan fingerprint density at radius 3 is 2.23 bits per heavy atom. The van der Waals surface area contributed by atoms with Crippen molar-refractivity contribution in [1.82, 2.24) is 10.0 Å². The van der Waals surface area contributed by atoms with Crippen molar-refractivity contribution in [1.29, 1.82) is 0 Å². The van der Waals surface area contributed by atoms with Gasteiger partial charge in [0.25, 0.3) is 15.9 Å². The number of hydrogen-bond donors (Lipinski definition) is 2. The number of carbonyl (C=O) groups is 1. The van der Waals surface area contributed by atoms with Gasteiger partial charge in [0.15, 0.2) is 0 Å². The SMILES string of the molecule is CCNCC.COc1cc(C(C)C)c2c(c1)S(=O)(=O)NC2=O. The third-order valence-electron chi connectivity index (χ3n) is 3.21. The smallest absolute Gasteiger partial charge is 0.266 e. The van der Waals surface area contributed by atoms with E-state index in [1.165, 1.54) is 13.2 Å². The van der Waals surface area contributed by atoms with Gasteiger partial charge in [0.1, 0.15) is 10.6 Å². The minimum atomic E-state index is -3.72. The number of benzene rings is 1. The molecule has 7 heteroatoms. The van der Waals surface area contributed by atoms with E-state index in [-0.39, 0.29) is 16.4 Å². The van der Waals surface area contributed by atoms with Gasteiger partial charge in [-0.2, -0.15) is 0 Å². The van der Waals surface area contributed by atoms with Crippen molar-refractivity contribution in [3.63, 3.8) is 0 Å². The Morgan fingerprint density at radius 2 is 1.82 bits per heavy atom. The lowest BCUT2D eigenvalue weighted by Crippen LogP contribution is -2.21. The van der Waals surface area contributed by atoms with Crippen LogP contribution in [0.25, 0.3) is 0 Å². The molecule has 1 aliphatic heterocycles. The van der Waals surface area contributed by atoms with Gasteiger partial charge in [0, 0.05) is 6.07 Å². The zero-order valence-electron chi connectivity index (χ0n) is 13.7. The molecule has 1 heterocycles. The second kappa shape index (κ2) is 7.60. The van der Waals surface area contributed by atoms with Gasteiger partial charge >= 0.3 is 0 Å². The third-order valence-corrected chi connectivity index (χ3v) is 4.56. The van der Waals surface area contributed by atoms with Crippen LogP contribution in [0.15, 0.2) is 17.0 Å². The molecule has 0 saturated heterocycles. The van der Waals surface area contributed by atoms with Gasteiger partial charge in [0.05, 0.1) is 12.7 Å². The van der Waals surface area contributed by atoms with Gasteiger partial charge < -0.3 is 10.1 Å². The van der Waals surface area contributed by atoms with Gasteiger partial charge in [-0.3, -0.25) is 4.79 Å². The molecule has 1 aromatic rings. The lowest BCUT2D eigenvalue weighted by atomic mass is 9.96. The molecule has 2 rings (SSSR count). The van der Waals surface area contributed by atoms with Crippen LogP contribution >= 0.6 is 0 Å². The van der Waals surface area contributed by atoms with E-state index < -0.39 is 15.9 Å². The lowest BCUT2D eigenvalue weighted by Gasteiger charge is -2.11. The monoisotopic (exact) mass is 328 g/mol. The highest BCUT2D eigenvalue weighted by Gasteiger charge is 2.35. The number of rotatable bonds is 4. The Hall–Kier alpha value is -1.60. The second-order valence-electron chi connectivity index (χ2n) is 5.14. The van der Waals surface area contributed by atoms with Crippen molar-refractivity contribution < 1.29 is 17.9 Å². The number of nitrogens with one attached hydrogen (secondary N) is 2. The minimum absolute atomic E-state index is 0.00514. The molecule has 0 spiro atoms. The van der Waals surface area contributed by atoms with E-state index in [1.807, 2.05) is 18.6 Å². The zero-order valence-corrected chi connectivity index (χ0v) is 14.5. The van der Waals surface area contributed by atoms with Crippen molar-refractivity contribution in [2.75, 3.05) is 20.2 Å². The molecule has 0 aromatic heterocycles. The third kappa shape index (κ3) is 3.98. The first kappa shape index (κ1) is 18.4. The van der Waals surface area contributed by atoms with Gasteiger partial charge in [0.2, 0.25) is 0 Å². The number of carbonyl (C=O) groups excluding carboxylic acids is 1. The maximum absolute atomic E-state index is 11.7. The number of sulfonamides is 1. The summed E-state index contributed by atoms with van der Waals surface area (Å²) in [4.78, 5) is 11.7. The first-order valence-corrected chi connectivity index (χ1v) is 8.76. The molecule has 0 bridgehead atoms. The first-order chi connectivity index (χ1) is 10.3. The second-order valence-corrected chi connectivity index (χ2v) is 6.79. The number of hydrogen-bond acceptors (Lipinski definition) is 5. The van der Waals surface area contributed by atoms with Crippen molar-refractivity contribution in [2.24, 2.45) is 0 Å². The molecule has 0 atom stereocenters. The normalized spacial score (nSPS) is 14.9. The molecule has 6 nitrogen and oxygen atoms in total. The summed E-state index contributed by atoms with van der Waals surface area (Å²) in [6.07, 6.45) is 0. The fraction of sp³-hybridized carbons (Fsp3) is 0.533. The van der Waals surface area contributed by atoms with Gasteiger partial charge in [-0.25, -0.2) is 13.1 Å². The fourth-order valence-electron chi connectivity index (χ4n) is 2.12. The molecule has 0 fully saturated rings. The van der Waals surface area contributed by atoms with E-state index in [4.69, 9.17) is 4.74 Å². The predicted molar refractivity (Wildman–Crippen MR) is 86.0 cm³/mol. The molecule has 1 aromatic carbocycles. The zero-order chi connectivity index (χ0) is 16.9. The van der Waals surface area contributed by atoms with E-state index in [9.17, 15) is 13.2 Å². The molecule has 1 aliphatic rings. The number of fused-ring (bicyclic) bond motifs is 1. The summed E-state index contributed by atoms with van der Waals surface area (Å²) in [5.74, 6) is -0.0863. The molecule has 0 aliphatic carbocycles. The van der Waals surface area contributed by atoms with Crippen molar-refractivity contribution in [3.8, 4) is 5.75 Å². The summed E-state index contributed by atoms with van der Waals surface area (Å²) in [7, 11) is -2.26. The standard InChI is InChI=1S/C11H13NO4S.C4H11N/c1-6(2)8-4-7(16-3)5-9-10(8)11(13)12-17(9,14)15;1-3-5-4-2/h4-6H,1-3H3,(H,12,13);5H,3-4H2,1-2H3. The predicted octanol–water partition coefficient (Wildman–Crippen LogP) is 1.87. The van der Waals surface area contributed by atoms with Crippen LogP contribution in [0.4, 0.5) is 0 Å². The van der Waals surface area contributed by atoms with Crippen molar-refractivity contribution in [3.05, 3.63) is 23.3 Å². The molecule has 0 saturated carbocycles. The molecular formula is C15H24N2O4S. The fourth-order valence-corrected chi connectivity index (χ4v) is 3.32. The van der Waals surface area contributed by atoms with Crippen LogP contribution < -0.4 is 14.8 Å². The molecule has 2 N–H and O–H groups in total. The Balaban J connectivity index is 0.000000422. The Kier molecular flexibility index (Phi) is 6.37. The maximum Gasteiger partial charge on any atom is 0.266 e. The maximum atomic E-state index is 11.7. The highest BCUT2D eigenvalue weighted by molar-refractivity contribution is 7.90. The molecular weight excluding hydrogens is 304 g/mol. The summed E-state index contributed by atoms with van der Waals surface area (Å²) < 4.78 is 30.5. The molecule has 0 radical (unpaired) electrons. The average molecular weight is 328 g/mol. The van der Waals surface area contributed by atoms with Gasteiger partial charge in [-0.05, 0) is 30.6 Å². The Labute approximate surface area is 132 Å². The first-order valence-electron chi connectivity index (χ1n) is 7.28. The summed E-state index contributed by atoms with van der Waals surface area (Å²) in [6.45, 7) is 10.2. The topological polar surface area (TPSA) is 84.5 Å². The average Bonchev–Trinajstić information content (AvgIpc) is 2.69. The van der Waals surface area contributed by atoms with Crippen LogP contribution in [0.5, 0.6) is 5.75 Å². The number of amides is 1. The van der Waals surface area contributed by atoms with Crippen LogP contribution in [-0.2, 0) is 10.0 Å². The molecule has 124 valence electrons. The van der Waals surface area contributed by atoms with E-state index >= 15 is 0 Å². The van der Waals surface area contributed by atoms with Crippen LogP contribution in [-0.4, -0.2) is 34.5 Å². The summed E-state index contributed by atoms with van der Waals surface area (Å²) in [6, 6.07) is 3.07. The Bertz CT molecular complexity index is 637. The highest BCUT2D eigenvalue weighted by atomic mass is 32.2. The van der Waals surface area contributed by atoms with E-state index in [2.05, 4.69) is 19.2 Å². The van der Waals surface area contributed by atoms with E-state index in [1.54, 1.807) is 6.07 Å². The summed E-state index contributed by atoms with van der Waals surface area (Å²) in [5, 5.41) is 3.11. The van der Waals surface area contributed by atoms with Crippen LogP contribution in [0.2, 0.25) is 0 Å².